The van der Waals surface area contributed by atoms with Crippen LogP contribution in [0.4, 0.5) is 0 Å². The highest BCUT2D eigenvalue weighted by Gasteiger charge is 2.27. The van der Waals surface area contributed by atoms with Crippen molar-refractivity contribution in [2.75, 3.05) is 20.2 Å². The van der Waals surface area contributed by atoms with Gasteiger partial charge in [0.15, 0.2) is 0 Å². The third-order valence-corrected chi connectivity index (χ3v) is 4.92. The highest BCUT2D eigenvalue weighted by Crippen LogP contribution is 2.30. The Morgan fingerprint density at radius 1 is 1.00 bits per heavy atom. The smallest absolute Gasteiger partial charge is 0.118 e. The molecule has 114 valence electrons. The van der Waals surface area contributed by atoms with Crippen LogP contribution in [0.2, 0.25) is 0 Å². The van der Waals surface area contributed by atoms with E-state index in [1.54, 1.807) is 12.7 Å². The molecule has 2 nitrogen and oxygen atoms in total. The van der Waals surface area contributed by atoms with Crippen molar-refractivity contribution in [2.24, 2.45) is 0 Å². The van der Waals surface area contributed by atoms with Gasteiger partial charge in [-0.2, -0.15) is 0 Å². The minimum atomic E-state index is 0.696. The van der Waals surface area contributed by atoms with Gasteiger partial charge in [-0.3, -0.25) is 4.90 Å². The van der Waals surface area contributed by atoms with E-state index < -0.39 is 0 Å². The molecule has 1 saturated carbocycles. The number of likely N-dealkylation sites (tertiary alicyclic amines) is 1. The lowest BCUT2D eigenvalue weighted by Gasteiger charge is -2.40. The first-order valence-corrected chi connectivity index (χ1v) is 8.45. The first-order chi connectivity index (χ1) is 10.4. The average molecular weight is 285 g/mol. The van der Waals surface area contributed by atoms with Crippen LogP contribution in [-0.2, 0) is 0 Å². The Bertz CT molecular complexity index is 473. The summed E-state index contributed by atoms with van der Waals surface area (Å²) in [4.78, 5) is 2.68. The van der Waals surface area contributed by atoms with Crippen LogP contribution in [0.15, 0.2) is 29.8 Å². The molecule has 3 rings (SSSR count). The molecule has 2 aliphatic rings. The first kappa shape index (κ1) is 14.6. The number of hydrogen-bond acceptors (Lipinski definition) is 2. The van der Waals surface area contributed by atoms with E-state index >= 15 is 0 Å². The second-order valence-corrected chi connectivity index (χ2v) is 6.35. The third-order valence-electron chi connectivity index (χ3n) is 4.92. The minimum absolute atomic E-state index is 0.696. The van der Waals surface area contributed by atoms with Crippen LogP contribution in [0.3, 0.4) is 0 Å². The van der Waals surface area contributed by atoms with E-state index in [0.717, 1.165) is 5.75 Å². The Morgan fingerprint density at radius 3 is 2.43 bits per heavy atom. The van der Waals surface area contributed by atoms with E-state index in [-0.39, 0.29) is 0 Å². The zero-order valence-corrected chi connectivity index (χ0v) is 13.2. The number of benzene rings is 1. The quantitative estimate of drug-likeness (QED) is 0.810. The molecule has 0 radical (unpaired) electrons. The minimum Gasteiger partial charge on any atom is -0.497 e. The fourth-order valence-electron chi connectivity index (χ4n) is 3.52. The highest BCUT2D eigenvalue weighted by molar-refractivity contribution is 5.55. The monoisotopic (exact) mass is 285 g/mol. The Morgan fingerprint density at radius 2 is 1.76 bits per heavy atom. The van der Waals surface area contributed by atoms with Crippen LogP contribution in [0.25, 0.3) is 6.08 Å². The van der Waals surface area contributed by atoms with Crippen molar-refractivity contribution in [3.05, 3.63) is 35.4 Å². The predicted molar refractivity (Wildman–Crippen MR) is 88.7 cm³/mol. The van der Waals surface area contributed by atoms with Gasteiger partial charge in [-0.1, -0.05) is 43.0 Å². The van der Waals surface area contributed by atoms with E-state index in [2.05, 4.69) is 35.2 Å². The standard InChI is InChI=1S/C19H27NO/c1-21-18-11-9-16(10-12-18)15-17-7-4-2-3-5-8-19(17)20-13-6-14-20/h9-12,15,19H,2-8,13-14H2,1H3/b17-15-. The summed E-state index contributed by atoms with van der Waals surface area (Å²) < 4.78 is 5.25. The maximum absolute atomic E-state index is 5.25. The van der Waals surface area contributed by atoms with Gasteiger partial charge in [0.25, 0.3) is 0 Å². The van der Waals surface area contributed by atoms with Crippen molar-refractivity contribution < 1.29 is 4.74 Å². The molecule has 0 amide bonds. The van der Waals surface area contributed by atoms with E-state index in [1.165, 1.54) is 63.6 Å². The molecule has 1 unspecified atom stereocenters. The van der Waals surface area contributed by atoms with Crippen LogP contribution >= 0.6 is 0 Å². The van der Waals surface area contributed by atoms with Crippen LogP contribution in [0.1, 0.15) is 50.5 Å². The second kappa shape index (κ2) is 7.13. The predicted octanol–water partition coefficient (Wildman–Crippen LogP) is 4.51. The zero-order valence-electron chi connectivity index (χ0n) is 13.2. The maximum Gasteiger partial charge on any atom is 0.118 e. The molecule has 1 aromatic carbocycles. The molecule has 1 aliphatic heterocycles. The molecule has 1 saturated heterocycles. The summed E-state index contributed by atoms with van der Waals surface area (Å²) in [6.07, 6.45) is 12.0. The number of rotatable bonds is 3. The molecule has 0 aromatic heterocycles. The van der Waals surface area contributed by atoms with E-state index in [9.17, 15) is 0 Å². The van der Waals surface area contributed by atoms with Crippen molar-refractivity contribution in [1.29, 1.82) is 0 Å². The number of hydrogen-bond donors (Lipinski definition) is 0. The maximum atomic E-state index is 5.25. The Kier molecular flexibility index (Phi) is 4.97. The first-order valence-electron chi connectivity index (χ1n) is 8.45. The fraction of sp³-hybridized carbons (Fsp3) is 0.579. The molecule has 21 heavy (non-hydrogen) atoms. The van der Waals surface area contributed by atoms with Crippen LogP contribution < -0.4 is 4.74 Å². The second-order valence-electron chi connectivity index (χ2n) is 6.35. The topological polar surface area (TPSA) is 12.5 Å². The normalized spacial score (nSPS) is 26.0. The molecule has 1 aliphatic carbocycles. The summed E-state index contributed by atoms with van der Waals surface area (Å²) >= 11 is 0. The summed E-state index contributed by atoms with van der Waals surface area (Å²) in [5, 5.41) is 0. The van der Waals surface area contributed by atoms with Crippen molar-refractivity contribution in [3.8, 4) is 5.75 Å². The van der Waals surface area contributed by atoms with Gasteiger partial charge in [-0.15, -0.1) is 0 Å². The summed E-state index contributed by atoms with van der Waals surface area (Å²) in [5.41, 5.74) is 2.97. The van der Waals surface area contributed by atoms with E-state index in [4.69, 9.17) is 4.74 Å². The fourth-order valence-corrected chi connectivity index (χ4v) is 3.52. The Balaban J connectivity index is 1.80. The Labute approximate surface area is 128 Å². The third kappa shape index (κ3) is 3.68. The lowest BCUT2D eigenvalue weighted by atomic mass is 9.88. The van der Waals surface area contributed by atoms with Gasteiger partial charge in [-0.25, -0.2) is 0 Å². The molecule has 1 atom stereocenters. The highest BCUT2D eigenvalue weighted by atomic mass is 16.5. The van der Waals surface area contributed by atoms with E-state index in [1.807, 2.05) is 0 Å². The van der Waals surface area contributed by atoms with Crippen LogP contribution in [-0.4, -0.2) is 31.1 Å². The lowest BCUT2D eigenvalue weighted by molar-refractivity contribution is 0.126. The number of nitrogens with zero attached hydrogens (tertiary/aromatic N) is 1. The lowest BCUT2D eigenvalue weighted by Crippen LogP contribution is -2.46. The molecule has 1 heterocycles. The molecule has 0 spiro atoms. The average Bonchev–Trinajstić information content (AvgIpc) is 2.44. The van der Waals surface area contributed by atoms with Gasteiger partial charge in [0.05, 0.1) is 7.11 Å². The van der Waals surface area contributed by atoms with Crippen molar-refractivity contribution in [1.82, 2.24) is 4.90 Å². The van der Waals surface area contributed by atoms with Crippen molar-refractivity contribution in [2.45, 2.75) is 51.0 Å². The van der Waals surface area contributed by atoms with Gasteiger partial charge in [-0.05, 0) is 56.5 Å². The summed E-state index contributed by atoms with van der Waals surface area (Å²) in [6.45, 7) is 2.59. The van der Waals surface area contributed by atoms with Crippen LogP contribution in [0, 0.1) is 0 Å². The van der Waals surface area contributed by atoms with Crippen molar-refractivity contribution >= 4 is 6.08 Å². The zero-order chi connectivity index (χ0) is 14.5. The number of methoxy groups -OCH3 is 1. The summed E-state index contributed by atoms with van der Waals surface area (Å²) in [7, 11) is 1.72. The largest absolute Gasteiger partial charge is 0.497 e. The summed E-state index contributed by atoms with van der Waals surface area (Å²) in [5.74, 6) is 0.939. The van der Waals surface area contributed by atoms with Gasteiger partial charge in [0.2, 0.25) is 0 Å². The molecule has 2 heteroatoms. The number of ether oxygens (including phenoxy) is 1. The van der Waals surface area contributed by atoms with Gasteiger partial charge in [0, 0.05) is 6.04 Å². The summed E-state index contributed by atoms with van der Waals surface area (Å²) in [6, 6.07) is 9.18. The Hall–Kier alpha value is -1.28. The SMILES string of the molecule is COc1ccc(/C=C2/CCCCCCC2N2CCC2)cc1. The molecule has 1 aromatic rings. The molecule has 0 bridgehead atoms. The molecular weight excluding hydrogens is 258 g/mol. The van der Waals surface area contributed by atoms with Crippen LogP contribution in [0.5, 0.6) is 5.75 Å². The molecular formula is C19H27NO. The van der Waals surface area contributed by atoms with Gasteiger partial charge >= 0.3 is 0 Å². The van der Waals surface area contributed by atoms with E-state index in [0.29, 0.717) is 6.04 Å². The molecule has 2 fully saturated rings. The molecule has 0 N–H and O–H groups in total. The van der Waals surface area contributed by atoms with Crippen molar-refractivity contribution in [3.63, 3.8) is 0 Å². The van der Waals surface area contributed by atoms with Gasteiger partial charge in [0.1, 0.15) is 5.75 Å². The van der Waals surface area contributed by atoms with Gasteiger partial charge < -0.3 is 4.74 Å².